The molecule has 0 saturated heterocycles. The molecule has 0 bridgehead atoms. The number of rotatable bonds is 4. The highest BCUT2D eigenvalue weighted by atomic mass is 35.5. The molecule has 1 aromatic carbocycles. The molecule has 0 unspecified atom stereocenters. The third kappa shape index (κ3) is 3.48. The third-order valence-corrected chi connectivity index (χ3v) is 2.34. The zero-order valence-electron chi connectivity index (χ0n) is 9.43. The summed E-state index contributed by atoms with van der Waals surface area (Å²) in [6.07, 6.45) is 3.19. The van der Waals surface area contributed by atoms with Gasteiger partial charge in [0.2, 0.25) is 6.33 Å². The monoisotopic (exact) mass is 275 g/mol. The molecule has 98 valence electrons. The Morgan fingerprint density at radius 2 is 2.11 bits per heavy atom. The Bertz CT molecular complexity index is 519. The van der Waals surface area contributed by atoms with E-state index in [4.69, 9.17) is 5.11 Å². The molecule has 4 nitrogen and oxygen atoms in total. The van der Waals surface area contributed by atoms with Gasteiger partial charge in [-0.2, -0.15) is 0 Å². The van der Waals surface area contributed by atoms with Gasteiger partial charge in [0.05, 0.1) is 13.2 Å². The number of aromatic nitrogens is 3. The lowest BCUT2D eigenvalue weighted by Gasteiger charge is -1.98. The van der Waals surface area contributed by atoms with Crippen molar-refractivity contribution in [2.24, 2.45) is 0 Å². The summed E-state index contributed by atoms with van der Waals surface area (Å²) in [4.78, 5) is 0. The van der Waals surface area contributed by atoms with Crippen molar-refractivity contribution >= 4 is 0 Å². The van der Waals surface area contributed by atoms with Crippen molar-refractivity contribution < 1.29 is 30.9 Å². The van der Waals surface area contributed by atoms with Crippen LogP contribution in [0.3, 0.4) is 0 Å². The molecule has 1 N–H and O–H groups in total. The maximum absolute atomic E-state index is 13.4. The van der Waals surface area contributed by atoms with Crippen LogP contribution in [-0.4, -0.2) is 21.5 Å². The Labute approximate surface area is 109 Å². The smallest absolute Gasteiger partial charge is 0.265 e. The van der Waals surface area contributed by atoms with Crippen LogP contribution in [-0.2, 0) is 13.1 Å². The molecule has 1 aromatic heterocycles. The second-order valence-electron chi connectivity index (χ2n) is 3.64. The number of aliphatic hydroxyl groups excluding tert-OH is 1. The topological polar surface area (TPSA) is 41.9 Å². The van der Waals surface area contributed by atoms with Crippen molar-refractivity contribution in [2.75, 3.05) is 6.61 Å². The summed E-state index contributed by atoms with van der Waals surface area (Å²) in [6, 6.07) is 3.45. The number of aliphatic hydroxyl groups is 1. The van der Waals surface area contributed by atoms with E-state index in [1.165, 1.54) is 23.1 Å². The second-order valence-corrected chi connectivity index (χ2v) is 3.64. The van der Waals surface area contributed by atoms with Crippen LogP contribution < -0.4 is 17.0 Å². The maximum Gasteiger partial charge on any atom is 0.265 e. The van der Waals surface area contributed by atoms with E-state index in [-0.39, 0.29) is 25.6 Å². The SMILES string of the molecule is OCC[n+]1cnn(Cc2ccc(F)cc2F)c1.[Cl-]. The van der Waals surface area contributed by atoms with Crippen molar-refractivity contribution in [1.82, 2.24) is 9.78 Å². The van der Waals surface area contributed by atoms with Crippen LogP contribution in [0.2, 0.25) is 0 Å². The van der Waals surface area contributed by atoms with Crippen molar-refractivity contribution in [3.8, 4) is 0 Å². The van der Waals surface area contributed by atoms with E-state index >= 15 is 0 Å². The highest BCUT2D eigenvalue weighted by Gasteiger charge is 2.10. The van der Waals surface area contributed by atoms with Gasteiger partial charge in [0.1, 0.15) is 18.2 Å². The normalized spacial score (nSPS) is 10.2. The van der Waals surface area contributed by atoms with Gasteiger partial charge in [0.15, 0.2) is 0 Å². The van der Waals surface area contributed by atoms with E-state index in [0.29, 0.717) is 12.1 Å². The van der Waals surface area contributed by atoms with Gasteiger partial charge in [-0.05, 0) is 12.1 Å². The first-order chi connectivity index (χ1) is 8.19. The van der Waals surface area contributed by atoms with E-state index in [2.05, 4.69) is 5.10 Å². The Kier molecular flexibility index (Phi) is 5.18. The van der Waals surface area contributed by atoms with Crippen molar-refractivity contribution in [3.63, 3.8) is 0 Å². The summed E-state index contributed by atoms with van der Waals surface area (Å²) in [6.45, 7) is 0.678. The minimum atomic E-state index is -0.595. The number of halogens is 3. The maximum atomic E-state index is 13.4. The van der Waals surface area contributed by atoms with E-state index in [9.17, 15) is 8.78 Å². The second kappa shape index (κ2) is 6.42. The first-order valence-corrected chi connectivity index (χ1v) is 5.15. The average molecular weight is 276 g/mol. The van der Waals surface area contributed by atoms with Gasteiger partial charge < -0.3 is 17.5 Å². The van der Waals surface area contributed by atoms with Gasteiger partial charge >= 0.3 is 0 Å². The number of benzene rings is 1. The van der Waals surface area contributed by atoms with Crippen molar-refractivity contribution in [2.45, 2.75) is 13.1 Å². The zero-order chi connectivity index (χ0) is 12.3. The predicted molar refractivity (Wildman–Crippen MR) is 55.0 cm³/mol. The first kappa shape index (κ1) is 14.5. The highest BCUT2D eigenvalue weighted by molar-refractivity contribution is 5.18. The van der Waals surface area contributed by atoms with Gasteiger partial charge in [0.25, 0.3) is 6.33 Å². The van der Waals surface area contributed by atoms with Gasteiger partial charge in [-0.3, -0.25) is 0 Å². The van der Waals surface area contributed by atoms with Crippen LogP contribution >= 0.6 is 0 Å². The Hall–Kier alpha value is -1.53. The van der Waals surface area contributed by atoms with E-state index in [1.54, 1.807) is 10.9 Å². The third-order valence-electron chi connectivity index (χ3n) is 2.34. The minimum Gasteiger partial charge on any atom is -1.00 e. The molecular formula is C11H12ClF2N3O. The van der Waals surface area contributed by atoms with Crippen molar-refractivity contribution in [1.29, 1.82) is 0 Å². The molecule has 7 heteroatoms. The fraction of sp³-hybridized carbons (Fsp3) is 0.273. The minimum absolute atomic E-state index is 0. The summed E-state index contributed by atoms with van der Waals surface area (Å²) in [5, 5.41) is 12.7. The predicted octanol–water partition coefficient (Wildman–Crippen LogP) is -2.51. The van der Waals surface area contributed by atoms with Gasteiger partial charge in [-0.15, -0.1) is 4.68 Å². The van der Waals surface area contributed by atoms with Gasteiger partial charge in [-0.25, -0.2) is 13.3 Å². The molecule has 0 aliphatic rings. The lowest BCUT2D eigenvalue weighted by Crippen LogP contribution is -3.00. The fourth-order valence-electron chi connectivity index (χ4n) is 1.50. The summed E-state index contributed by atoms with van der Waals surface area (Å²) >= 11 is 0. The molecule has 0 radical (unpaired) electrons. The Morgan fingerprint density at radius 3 is 2.78 bits per heavy atom. The molecule has 0 saturated carbocycles. The summed E-state index contributed by atoms with van der Waals surface area (Å²) in [7, 11) is 0. The molecule has 2 aromatic rings. The lowest BCUT2D eigenvalue weighted by atomic mass is 10.2. The summed E-state index contributed by atoms with van der Waals surface area (Å²) in [5.74, 6) is -1.18. The van der Waals surface area contributed by atoms with Crippen LogP contribution in [0, 0.1) is 11.6 Å². The molecule has 0 atom stereocenters. The molecule has 1 heterocycles. The van der Waals surface area contributed by atoms with Crippen molar-refractivity contribution in [3.05, 3.63) is 48.1 Å². The number of hydrogen-bond donors (Lipinski definition) is 1. The molecule has 0 fully saturated rings. The van der Waals surface area contributed by atoms with Crippen LogP contribution in [0.4, 0.5) is 8.78 Å². The van der Waals surface area contributed by atoms with E-state index < -0.39 is 11.6 Å². The fourth-order valence-corrected chi connectivity index (χ4v) is 1.50. The van der Waals surface area contributed by atoms with Crippen LogP contribution in [0.25, 0.3) is 0 Å². The van der Waals surface area contributed by atoms with E-state index in [0.717, 1.165) is 6.07 Å². The molecule has 0 aliphatic heterocycles. The Balaban J connectivity index is 0.00000162. The molecule has 0 amide bonds. The summed E-state index contributed by atoms with van der Waals surface area (Å²) < 4.78 is 29.3. The Morgan fingerprint density at radius 1 is 1.33 bits per heavy atom. The van der Waals surface area contributed by atoms with Crippen LogP contribution in [0.1, 0.15) is 5.56 Å². The lowest BCUT2D eigenvalue weighted by molar-refractivity contribution is -0.698. The summed E-state index contributed by atoms with van der Waals surface area (Å²) in [5.41, 5.74) is 0.366. The first-order valence-electron chi connectivity index (χ1n) is 5.15. The van der Waals surface area contributed by atoms with Crippen LogP contribution in [0.5, 0.6) is 0 Å². The zero-order valence-corrected chi connectivity index (χ0v) is 10.2. The largest absolute Gasteiger partial charge is 1.00 e. The molecule has 2 rings (SSSR count). The van der Waals surface area contributed by atoms with Crippen LogP contribution in [0.15, 0.2) is 30.9 Å². The van der Waals surface area contributed by atoms with Gasteiger partial charge in [-0.1, -0.05) is 0 Å². The van der Waals surface area contributed by atoms with E-state index in [1.807, 2.05) is 0 Å². The van der Waals surface area contributed by atoms with Gasteiger partial charge in [0, 0.05) is 16.7 Å². The molecule has 18 heavy (non-hydrogen) atoms. The standard InChI is InChI=1S/C11H12F2N3O.ClH/c12-10-2-1-9(11(13)5-10)6-16-8-15(3-4-17)7-14-16;/h1-2,5,7-8,17H,3-4,6H2;1H/q+1;/p-1. The molecule has 0 aliphatic carbocycles. The number of nitrogens with zero attached hydrogens (tertiary/aromatic N) is 3. The number of hydrogen-bond acceptors (Lipinski definition) is 2. The molecule has 0 spiro atoms. The highest BCUT2D eigenvalue weighted by Crippen LogP contribution is 2.10. The quantitative estimate of drug-likeness (QED) is 0.627. The molecular weight excluding hydrogens is 264 g/mol. The average Bonchev–Trinajstić information content (AvgIpc) is 2.71.